The molecule has 0 radical (unpaired) electrons. The molecule has 0 spiro atoms. The van der Waals surface area contributed by atoms with Gasteiger partial charge in [0.1, 0.15) is 6.04 Å². The molecular formula is C8H13N3O3S. The molecule has 0 aromatic heterocycles. The number of carbonyl (C=O) groups is 1. The van der Waals surface area contributed by atoms with Crippen molar-refractivity contribution in [2.75, 3.05) is 13.6 Å². The van der Waals surface area contributed by atoms with E-state index in [1.807, 2.05) is 0 Å². The number of nitrogens with zero attached hydrogens (tertiary/aromatic N) is 2. The number of carbonyl (C=O) groups excluding carboxylic acids is 1. The monoisotopic (exact) mass is 231 g/mol. The number of rotatable bonds is 3. The zero-order valence-corrected chi connectivity index (χ0v) is 9.41. The lowest BCUT2D eigenvalue weighted by Gasteiger charge is -2.13. The van der Waals surface area contributed by atoms with Crippen LogP contribution in [0.3, 0.4) is 0 Å². The third-order valence-electron chi connectivity index (χ3n) is 2.38. The largest absolute Gasteiger partial charge is 0.344 e. The topological polar surface area (TPSA) is 90.3 Å². The molecule has 15 heavy (non-hydrogen) atoms. The second-order valence-electron chi connectivity index (χ2n) is 3.54. The van der Waals surface area contributed by atoms with Crippen LogP contribution < -0.4 is 4.72 Å². The summed E-state index contributed by atoms with van der Waals surface area (Å²) in [5.41, 5.74) is 0. The van der Waals surface area contributed by atoms with Crippen molar-refractivity contribution >= 4 is 15.9 Å². The van der Waals surface area contributed by atoms with Crippen LogP contribution in [0.4, 0.5) is 0 Å². The Morgan fingerprint density at radius 2 is 2.27 bits per heavy atom. The summed E-state index contributed by atoms with van der Waals surface area (Å²) in [5.74, 6) is -0.247. The Balaban J connectivity index is 2.72. The fraction of sp³-hybridized carbons (Fsp3) is 0.750. The highest BCUT2D eigenvalue weighted by Crippen LogP contribution is 2.10. The van der Waals surface area contributed by atoms with Gasteiger partial charge in [-0.1, -0.05) is 0 Å². The zero-order valence-electron chi connectivity index (χ0n) is 8.60. The number of nitriles is 1. The second kappa shape index (κ2) is 4.16. The summed E-state index contributed by atoms with van der Waals surface area (Å²) < 4.78 is 25.2. The molecular weight excluding hydrogens is 218 g/mol. The second-order valence-corrected chi connectivity index (χ2v) is 5.57. The maximum absolute atomic E-state index is 11.5. The molecule has 0 saturated carbocycles. The molecule has 2 unspecified atom stereocenters. The van der Waals surface area contributed by atoms with Crippen molar-refractivity contribution in [2.24, 2.45) is 0 Å². The third-order valence-corrected chi connectivity index (χ3v) is 4.03. The molecule has 1 saturated heterocycles. The van der Waals surface area contributed by atoms with Gasteiger partial charge >= 0.3 is 0 Å². The van der Waals surface area contributed by atoms with E-state index in [4.69, 9.17) is 5.26 Å². The zero-order chi connectivity index (χ0) is 11.6. The van der Waals surface area contributed by atoms with Gasteiger partial charge in [-0.05, 0) is 13.3 Å². The number of sulfonamides is 1. The van der Waals surface area contributed by atoms with Gasteiger partial charge in [-0.2, -0.15) is 5.26 Å². The normalized spacial score (nSPS) is 23.9. The van der Waals surface area contributed by atoms with Crippen LogP contribution in [0, 0.1) is 11.3 Å². The van der Waals surface area contributed by atoms with Gasteiger partial charge in [-0.3, -0.25) is 4.79 Å². The van der Waals surface area contributed by atoms with Crippen LogP contribution >= 0.6 is 0 Å². The molecule has 0 aromatic carbocycles. The van der Waals surface area contributed by atoms with Crippen molar-refractivity contribution < 1.29 is 13.2 Å². The first-order valence-corrected chi connectivity index (χ1v) is 6.09. The Kier molecular flexibility index (Phi) is 3.31. The molecule has 1 fully saturated rings. The first kappa shape index (κ1) is 11.9. The minimum Gasteiger partial charge on any atom is -0.344 e. The van der Waals surface area contributed by atoms with Gasteiger partial charge < -0.3 is 4.90 Å². The number of hydrogen-bond acceptors (Lipinski definition) is 4. The molecule has 0 aliphatic carbocycles. The summed E-state index contributed by atoms with van der Waals surface area (Å²) in [6, 6.07) is 0.918. The van der Waals surface area contributed by atoms with E-state index >= 15 is 0 Å². The fourth-order valence-electron chi connectivity index (χ4n) is 1.30. The van der Waals surface area contributed by atoms with Gasteiger partial charge in [0.2, 0.25) is 15.9 Å². The number of nitrogens with one attached hydrogen (secondary N) is 1. The Bertz CT molecular complexity index is 398. The van der Waals surface area contributed by atoms with E-state index in [1.54, 1.807) is 13.1 Å². The van der Waals surface area contributed by atoms with Crippen LogP contribution in [0.2, 0.25) is 0 Å². The Morgan fingerprint density at radius 1 is 1.67 bits per heavy atom. The molecule has 7 heteroatoms. The molecule has 84 valence electrons. The highest BCUT2D eigenvalue weighted by molar-refractivity contribution is 7.90. The molecule has 1 aliphatic rings. The molecule has 1 amide bonds. The fourth-order valence-corrected chi connectivity index (χ4v) is 2.26. The molecule has 1 aliphatic heterocycles. The van der Waals surface area contributed by atoms with E-state index in [-0.39, 0.29) is 5.91 Å². The highest BCUT2D eigenvalue weighted by Gasteiger charge is 2.34. The first-order chi connectivity index (χ1) is 6.88. The lowest BCUT2D eigenvalue weighted by molar-refractivity contribution is -0.127. The number of hydrogen-bond donors (Lipinski definition) is 1. The predicted octanol–water partition coefficient (Wildman–Crippen LogP) is -0.951. The van der Waals surface area contributed by atoms with Crippen molar-refractivity contribution in [3.05, 3.63) is 0 Å². The van der Waals surface area contributed by atoms with Gasteiger partial charge in [0.05, 0.1) is 6.07 Å². The summed E-state index contributed by atoms with van der Waals surface area (Å²) in [7, 11) is -2.09. The number of likely N-dealkylation sites (tertiary alicyclic amines) is 1. The smallest absolute Gasteiger partial charge is 0.240 e. The summed E-state index contributed by atoms with van der Waals surface area (Å²) >= 11 is 0. The van der Waals surface area contributed by atoms with Crippen molar-refractivity contribution in [2.45, 2.75) is 24.6 Å². The molecule has 2 atom stereocenters. The van der Waals surface area contributed by atoms with Gasteiger partial charge in [-0.25, -0.2) is 13.1 Å². The van der Waals surface area contributed by atoms with Gasteiger partial charge in [0, 0.05) is 13.6 Å². The molecule has 0 bridgehead atoms. The van der Waals surface area contributed by atoms with Crippen LogP contribution in [0.25, 0.3) is 0 Å². The molecule has 1 heterocycles. The van der Waals surface area contributed by atoms with Crippen molar-refractivity contribution in [3.63, 3.8) is 0 Å². The lowest BCUT2D eigenvalue weighted by Crippen LogP contribution is -2.43. The molecule has 0 aromatic rings. The summed E-state index contributed by atoms with van der Waals surface area (Å²) in [4.78, 5) is 12.9. The summed E-state index contributed by atoms with van der Waals surface area (Å²) in [5, 5.41) is 7.36. The number of likely N-dealkylation sites (N-methyl/N-ethyl adjacent to an activating group) is 1. The van der Waals surface area contributed by atoms with Crippen LogP contribution in [0.15, 0.2) is 0 Å². The minimum absolute atomic E-state index is 0.247. The van der Waals surface area contributed by atoms with Crippen LogP contribution in [0.1, 0.15) is 13.3 Å². The average Bonchev–Trinajstić information content (AvgIpc) is 2.48. The standard InChI is InChI=1S/C8H13N3O3S/c1-6(5-9)15(13,14)10-7-3-4-11(2)8(7)12/h6-7,10H,3-4H2,1-2H3. The summed E-state index contributed by atoms with van der Waals surface area (Å²) in [6.07, 6.45) is 0.451. The average molecular weight is 231 g/mol. The van der Waals surface area contributed by atoms with Crippen LogP contribution in [-0.2, 0) is 14.8 Å². The minimum atomic E-state index is -3.71. The SMILES string of the molecule is CC(C#N)S(=O)(=O)NC1CCN(C)C1=O. The molecule has 6 nitrogen and oxygen atoms in total. The van der Waals surface area contributed by atoms with Gasteiger partial charge in [0.25, 0.3) is 0 Å². The molecule has 1 rings (SSSR count). The highest BCUT2D eigenvalue weighted by atomic mass is 32.2. The summed E-state index contributed by atoms with van der Waals surface area (Å²) in [6.45, 7) is 1.82. The van der Waals surface area contributed by atoms with E-state index in [1.165, 1.54) is 11.8 Å². The maximum atomic E-state index is 11.5. The number of amides is 1. The van der Waals surface area contributed by atoms with Crippen LogP contribution in [-0.4, -0.2) is 44.1 Å². The van der Waals surface area contributed by atoms with Crippen molar-refractivity contribution in [1.82, 2.24) is 9.62 Å². The van der Waals surface area contributed by atoms with Crippen LogP contribution in [0.5, 0.6) is 0 Å². The Labute approximate surface area is 88.9 Å². The lowest BCUT2D eigenvalue weighted by atomic mass is 10.3. The van der Waals surface area contributed by atoms with E-state index in [0.717, 1.165) is 0 Å². The van der Waals surface area contributed by atoms with Crippen molar-refractivity contribution in [3.8, 4) is 6.07 Å². The van der Waals surface area contributed by atoms with E-state index in [2.05, 4.69) is 4.72 Å². The van der Waals surface area contributed by atoms with Gasteiger partial charge in [-0.15, -0.1) is 0 Å². The van der Waals surface area contributed by atoms with Gasteiger partial charge in [0.15, 0.2) is 5.25 Å². The predicted molar refractivity (Wildman–Crippen MR) is 53.2 cm³/mol. The molecule has 1 N–H and O–H groups in total. The van der Waals surface area contributed by atoms with E-state index in [0.29, 0.717) is 13.0 Å². The van der Waals surface area contributed by atoms with Crippen molar-refractivity contribution in [1.29, 1.82) is 5.26 Å². The Morgan fingerprint density at radius 3 is 2.67 bits per heavy atom. The third kappa shape index (κ3) is 2.46. The van der Waals surface area contributed by atoms with E-state index in [9.17, 15) is 13.2 Å². The Hall–Kier alpha value is -1.13. The van der Waals surface area contributed by atoms with E-state index < -0.39 is 21.3 Å². The quantitative estimate of drug-likeness (QED) is 0.678. The maximum Gasteiger partial charge on any atom is 0.240 e. The first-order valence-electron chi connectivity index (χ1n) is 4.54.